The highest BCUT2D eigenvalue weighted by molar-refractivity contribution is 5.72. The van der Waals surface area contributed by atoms with E-state index >= 15 is 0 Å². The molecule has 0 aliphatic carbocycles. The van der Waals surface area contributed by atoms with Crippen molar-refractivity contribution in [1.82, 2.24) is 0 Å². The molecule has 0 aromatic heterocycles. The van der Waals surface area contributed by atoms with Crippen molar-refractivity contribution in [3.05, 3.63) is 0 Å². The highest BCUT2D eigenvalue weighted by Crippen LogP contribution is 2.18. The number of hydrogen-bond acceptors (Lipinski definition) is 6. The van der Waals surface area contributed by atoms with Gasteiger partial charge in [0.2, 0.25) is 0 Å². The van der Waals surface area contributed by atoms with E-state index < -0.39 is 0 Å². The van der Waals surface area contributed by atoms with Gasteiger partial charge in [-0.2, -0.15) is 0 Å². The van der Waals surface area contributed by atoms with Gasteiger partial charge in [-0.25, -0.2) is 0 Å². The Bertz CT molecular complexity index is 305. The second-order valence-electron chi connectivity index (χ2n) is 5.39. The Kier molecular flexibility index (Phi) is 12.8. The number of esters is 2. The van der Waals surface area contributed by atoms with E-state index in [1.807, 2.05) is 13.8 Å². The molecule has 0 rings (SSSR count). The summed E-state index contributed by atoms with van der Waals surface area (Å²) in [6.07, 6.45) is 2.31. The molecule has 6 heteroatoms. The fourth-order valence-corrected chi connectivity index (χ4v) is 1.80. The Morgan fingerprint density at radius 2 is 1.41 bits per heavy atom. The monoisotopic (exact) mass is 318 g/mol. The lowest BCUT2D eigenvalue weighted by atomic mass is 9.92. The minimum atomic E-state index is -0.233. The van der Waals surface area contributed by atoms with Gasteiger partial charge >= 0.3 is 11.9 Å². The van der Waals surface area contributed by atoms with Crippen LogP contribution in [0.15, 0.2) is 0 Å². The summed E-state index contributed by atoms with van der Waals surface area (Å²) in [5.74, 6) is -0.619. The second-order valence-corrected chi connectivity index (χ2v) is 5.39. The molecule has 0 saturated carbocycles. The van der Waals surface area contributed by atoms with E-state index in [0.717, 1.165) is 0 Å². The van der Waals surface area contributed by atoms with Crippen molar-refractivity contribution in [2.45, 2.75) is 39.5 Å². The zero-order chi connectivity index (χ0) is 16.8. The lowest BCUT2D eigenvalue weighted by molar-refractivity contribution is -0.151. The van der Waals surface area contributed by atoms with Crippen LogP contribution in [0.3, 0.4) is 0 Å². The van der Waals surface area contributed by atoms with Crippen LogP contribution in [0.4, 0.5) is 0 Å². The molecule has 0 aliphatic rings. The minimum Gasteiger partial charge on any atom is -0.466 e. The highest BCUT2D eigenvalue weighted by atomic mass is 16.5. The summed E-state index contributed by atoms with van der Waals surface area (Å²) in [5, 5.41) is 0. The zero-order valence-electron chi connectivity index (χ0n) is 14.3. The van der Waals surface area contributed by atoms with Gasteiger partial charge in [-0.05, 0) is 12.3 Å². The van der Waals surface area contributed by atoms with Gasteiger partial charge in [-0.3, -0.25) is 9.59 Å². The van der Waals surface area contributed by atoms with Crippen LogP contribution in [0, 0.1) is 11.8 Å². The fourth-order valence-electron chi connectivity index (χ4n) is 1.80. The molecular weight excluding hydrogens is 288 g/mol. The average Bonchev–Trinajstić information content (AvgIpc) is 2.52. The van der Waals surface area contributed by atoms with Gasteiger partial charge in [0.15, 0.2) is 0 Å². The molecule has 130 valence electrons. The summed E-state index contributed by atoms with van der Waals surface area (Å²) in [5.41, 5.74) is 0. The van der Waals surface area contributed by atoms with E-state index in [1.54, 1.807) is 14.2 Å². The van der Waals surface area contributed by atoms with E-state index in [9.17, 15) is 9.59 Å². The lowest BCUT2D eigenvalue weighted by Crippen LogP contribution is -2.23. The van der Waals surface area contributed by atoms with Crippen molar-refractivity contribution < 1.29 is 28.5 Å². The van der Waals surface area contributed by atoms with Gasteiger partial charge in [0.1, 0.15) is 0 Å². The molecule has 0 N–H and O–H groups in total. The Morgan fingerprint density at radius 1 is 0.864 bits per heavy atom. The molecule has 0 fully saturated rings. The van der Waals surface area contributed by atoms with Gasteiger partial charge < -0.3 is 18.9 Å². The average molecular weight is 318 g/mol. The first-order valence-electron chi connectivity index (χ1n) is 7.83. The highest BCUT2D eigenvalue weighted by Gasteiger charge is 2.22. The zero-order valence-corrected chi connectivity index (χ0v) is 14.3. The van der Waals surface area contributed by atoms with Crippen molar-refractivity contribution in [3.63, 3.8) is 0 Å². The molecule has 0 heterocycles. The van der Waals surface area contributed by atoms with Gasteiger partial charge in [0.05, 0.1) is 19.1 Å². The molecule has 0 saturated heterocycles. The number of hydrogen-bond donors (Lipinski definition) is 0. The topological polar surface area (TPSA) is 71.1 Å². The standard InChI is InChI=1S/C16H30O6/c1-13(7-8-15(17)21-11-5-9-19-3)14(2)16(18)22-12-6-10-20-4/h13-14H,5-12H2,1-4H3. The smallest absolute Gasteiger partial charge is 0.308 e. The maximum absolute atomic E-state index is 11.8. The Balaban J connectivity index is 3.81. The van der Waals surface area contributed by atoms with Crippen LogP contribution >= 0.6 is 0 Å². The van der Waals surface area contributed by atoms with Crippen LogP contribution in [0.1, 0.15) is 39.5 Å². The van der Waals surface area contributed by atoms with Crippen molar-refractivity contribution in [1.29, 1.82) is 0 Å². The summed E-state index contributed by atoms with van der Waals surface area (Å²) in [6.45, 7) is 5.66. The van der Waals surface area contributed by atoms with Crippen LogP contribution in [0.25, 0.3) is 0 Å². The summed E-state index contributed by atoms with van der Waals surface area (Å²) >= 11 is 0. The first-order valence-corrected chi connectivity index (χ1v) is 7.83. The predicted molar refractivity (Wildman–Crippen MR) is 82.5 cm³/mol. The van der Waals surface area contributed by atoms with Crippen molar-refractivity contribution in [3.8, 4) is 0 Å². The number of carbonyl (C=O) groups is 2. The third-order valence-electron chi connectivity index (χ3n) is 3.52. The maximum Gasteiger partial charge on any atom is 0.308 e. The minimum absolute atomic E-state index is 0.0708. The largest absolute Gasteiger partial charge is 0.466 e. The van der Waals surface area contributed by atoms with E-state index in [1.165, 1.54) is 0 Å². The van der Waals surface area contributed by atoms with Crippen LogP contribution in [-0.4, -0.2) is 52.6 Å². The van der Waals surface area contributed by atoms with E-state index in [-0.39, 0.29) is 23.8 Å². The van der Waals surface area contributed by atoms with Crippen LogP contribution in [0.5, 0.6) is 0 Å². The first-order chi connectivity index (χ1) is 10.5. The maximum atomic E-state index is 11.8. The second kappa shape index (κ2) is 13.5. The van der Waals surface area contributed by atoms with Crippen LogP contribution in [0.2, 0.25) is 0 Å². The third-order valence-corrected chi connectivity index (χ3v) is 3.52. The SMILES string of the molecule is COCCCOC(=O)CCC(C)C(C)C(=O)OCCCOC. The lowest BCUT2D eigenvalue weighted by Gasteiger charge is -2.18. The Morgan fingerprint density at radius 3 is 1.95 bits per heavy atom. The Labute approximate surface area is 133 Å². The van der Waals surface area contributed by atoms with Gasteiger partial charge in [0.25, 0.3) is 0 Å². The molecule has 0 bridgehead atoms. The third kappa shape index (κ3) is 10.6. The van der Waals surface area contributed by atoms with Crippen molar-refractivity contribution >= 4 is 11.9 Å². The van der Waals surface area contributed by atoms with Gasteiger partial charge in [-0.1, -0.05) is 13.8 Å². The molecular formula is C16H30O6. The van der Waals surface area contributed by atoms with E-state index in [0.29, 0.717) is 52.1 Å². The van der Waals surface area contributed by atoms with Crippen molar-refractivity contribution in [2.75, 3.05) is 40.6 Å². The van der Waals surface area contributed by atoms with E-state index in [2.05, 4.69) is 0 Å². The van der Waals surface area contributed by atoms with Gasteiger partial charge in [0, 0.05) is 46.7 Å². The first kappa shape index (κ1) is 20.9. The molecule has 0 amide bonds. The molecule has 0 spiro atoms. The van der Waals surface area contributed by atoms with Crippen molar-refractivity contribution in [2.24, 2.45) is 11.8 Å². The number of carbonyl (C=O) groups excluding carboxylic acids is 2. The number of methoxy groups -OCH3 is 2. The molecule has 2 unspecified atom stereocenters. The molecule has 0 aromatic carbocycles. The van der Waals surface area contributed by atoms with E-state index in [4.69, 9.17) is 18.9 Å². The molecule has 0 aromatic rings. The summed E-state index contributed by atoms with van der Waals surface area (Å²) in [7, 11) is 3.22. The normalized spacial score (nSPS) is 13.5. The predicted octanol–water partition coefficient (Wildman–Crippen LogP) is 2.20. The quantitative estimate of drug-likeness (QED) is 0.383. The van der Waals surface area contributed by atoms with Gasteiger partial charge in [-0.15, -0.1) is 0 Å². The number of ether oxygens (including phenoxy) is 4. The van der Waals surface area contributed by atoms with Crippen LogP contribution < -0.4 is 0 Å². The molecule has 6 nitrogen and oxygen atoms in total. The summed E-state index contributed by atoms with van der Waals surface area (Å²) < 4.78 is 20.0. The fraction of sp³-hybridized carbons (Fsp3) is 0.875. The van der Waals surface area contributed by atoms with Crippen LogP contribution in [-0.2, 0) is 28.5 Å². The molecule has 0 aliphatic heterocycles. The Hall–Kier alpha value is -1.14. The molecule has 2 atom stereocenters. The number of rotatable bonds is 13. The summed E-state index contributed by atoms with van der Waals surface area (Å²) in [6, 6.07) is 0. The summed E-state index contributed by atoms with van der Waals surface area (Å²) in [4.78, 5) is 23.4. The molecule has 22 heavy (non-hydrogen) atoms. The molecule has 0 radical (unpaired) electrons.